The predicted octanol–water partition coefficient (Wildman–Crippen LogP) is 4.13. The molecule has 41 heavy (non-hydrogen) atoms. The van der Waals surface area contributed by atoms with Crippen molar-refractivity contribution in [3.05, 3.63) is 53.0 Å². The number of carbonyl (C=O) groups excluding carboxylic acids is 2. The van der Waals surface area contributed by atoms with Gasteiger partial charge >= 0.3 is 12.3 Å². The molecule has 1 aromatic heterocycles. The molecular formula is C26H33F4N5O5S. The first kappa shape index (κ1) is 31.9. The van der Waals surface area contributed by atoms with Crippen LogP contribution in [0.5, 0.6) is 0 Å². The second-order valence-corrected chi connectivity index (χ2v) is 12.6. The summed E-state index contributed by atoms with van der Waals surface area (Å²) in [5, 5.41) is 5.36. The van der Waals surface area contributed by atoms with Gasteiger partial charge in [0.05, 0.1) is 23.9 Å². The minimum Gasteiger partial charge on any atom is -0.444 e. The van der Waals surface area contributed by atoms with Crippen molar-refractivity contribution in [3.8, 4) is 0 Å². The van der Waals surface area contributed by atoms with Gasteiger partial charge in [0, 0.05) is 25.2 Å². The van der Waals surface area contributed by atoms with Gasteiger partial charge in [0.25, 0.3) is 0 Å². The number of alkyl halides is 3. The van der Waals surface area contributed by atoms with E-state index in [-0.39, 0.29) is 30.2 Å². The third kappa shape index (κ3) is 9.20. The number of nitrogens with zero attached hydrogens (tertiary/aromatic N) is 2. The SMILES string of the molecule is C[C@H](C(=O)NCc1ccc(C(F)(F)F)nc1N1CC[C@H](NC(=O)OC(C)(C)C)C1)c1ccc(NS(C)(=O)=O)c(F)c1. The molecule has 2 aromatic rings. The van der Waals surface area contributed by atoms with Crippen molar-refractivity contribution < 1.29 is 40.3 Å². The van der Waals surface area contributed by atoms with Crippen LogP contribution in [0.1, 0.15) is 56.9 Å². The Balaban J connectivity index is 1.74. The van der Waals surface area contributed by atoms with Crippen molar-refractivity contribution in [2.75, 3.05) is 29.0 Å². The Bertz CT molecular complexity index is 1400. The van der Waals surface area contributed by atoms with Gasteiger partial charge in [0.15, 0.2) is 0 Å². The van der Waals surface area contributed by atoms with Crippen LogP contribution in [-0.4, -0.2) is 56.4 Å². The molecule has 0 radical (unpaired) electrons. The number of ether oxygens (including phenoxy) is 1. The number of halogens is 4. The Morgan fingerprint density at radius 3 is 2.44 bits per heavy atom. The van der Waals surface area contributed by atoms with Gasteiger partial charge in [0.2, 0.25) is 15.9 Å². The molecule has 0 aliphatic carbocycles. The van der Waals surface area contributed by atoms with Crippen LogP contribution in [0.4, 0.5) is 33.9 Å². The summed E-state index contributed by atoms with van der Waals surface area (Å²) in [5.41, 5.74) is -1.50. The molecule has 10 nitrogen and oxygen atoms in total. The number of hydrogen-bond acceptors (Lipinski definition) is 7. The molecule has 2 atom stereocenters. The number of amides is 2. The van der Waals surface area contributed by atoms with E-state index in [1.165, 1.54) is 25.1 Å². The highest BCUT2D eigenvalue weighted by Crippen LogP contribution is 2.32. The number of aromatic nitrogens is 1. The summed E-state index contributed by atoms with van der Waals surface area (Å²) in [5.74, 6) is -2.25. The van der Waals surface area contributed by atoms with Gasteiger partial charge in [-0.2, -0.15) is 13.2 Å². The fraction of sp³-hybridized carbons (Fsp3) is 0.500. The highest BCUT2D eigenvalue weighted by atomic mass is 32.2. The summed E-state index contributed by atoms with van der Waals surface area (Å²) in [7, 11) is -3.71. The van der Waals surface area contributed by atoms with Gasteiger partial charge < -0.3 is 20.3 Å². The normalized spacial score (nSPS) is 16.7. The van der Waals surface area contributed by atoms with Crippen molar-refractivity contribution in [1.29, 1.82) is 0 Å². The van der Waals surface area contributed by atoms with Crippen LogP contribution in [0.3, 0.4) is 0 Å². The van der Waals surface area contributed by atoms with Gasteiger partial charge in [-0.3, -0.25) is 9.52 Å². The van der Waals surface area contributed by atoms with Crippen LogP contribution in [0, 0.1) is 5.82 Å². The average Bonchev–Trinajstić information content (AvgIpc) is 3.28. The van der Waals surface area contributed by atoms with E-state index in [0.717, 1.165) is 18.4 Å². The quantitative estimate of drug-likeness (QED) is 0.387. The summed E-state index contributed by atoms with van der Waals surface area (Å²) in [6.45, 7) is 6.96. The third-order valence-corrected chi connectivity index (χ3v) is 6.68. The van der Waals surface area contributed by atoms with Gasteiger partial charge in [-0.1, -0.05) is 12.1 Å². The number of sulfonamides is 1. The Labute approximate surface area is 235 Å². The largest absolute Gasteiger partial charge is 0.444 e. The zero-order chi connectivity index (χ0) is 30.8. The lowest BCUT2D eigenvalue weighted by atomic mass is 9.99. The molecule has 1 saturated heterocycles. The number of hydrogen-bond donors (Lipinski definition) is 3. The molecule has 1 aliphatic rings. The zero-order valence-corrected chi connectivity index (χ0v) is 24.0. The maximum absolute atomic E-state index is 14.4. The highest BCUT2D eigenvalue weighted by molar-refractivity contribution is 7.92. The number of nitrogens with one attached hydrogen (secondary N) is 3. The molecule has 3 rings (SSSR count). The van der Waals surface area contributed by atoms with Crippen LogP contribution in [0.25, 0.3) is 0 Å². The maximum atomic E-state index is 14.4. The molecule has 1 fully saturated rings. The second kappa shape index (κ2) is 12.1. The molecule has 0 saturated carbocycles. The topological polar surface area (TPSA) is 130 Å². The first-order valence-electron chi connectivity index (χ1n) is 12.7. The smallest absolute Gasteiger partial charge is 0.433 e. The number of carbonyl (C=O) groups is 2. The lowest BCUT2D eigenvalue weighted by molar-refractivity contribution is -0.141. The lowest BCUT2D eigenvalue weighted by Crippen LogP contribution is -2.40. The molecule has 0 bridgehead atoms. The monoisotopic (exact) mass is 603 g/mol. The van der Waals surface area contributed by atoms with E-state index in [4.69, 9.17) is 4.74 Å². The van der Waals surface area contributed by atoms with Gasteiger partial charge in [0.1, 0.15) is 22.9 Å². The fourth-order valence-corrected chi connectivity index (χ4v) is 4.73. The molecule has 226 valence electrons. The van der Waals surface area contributed by atoms with Crippen molar-refractivity contribution >= 4 is 33.5 Å². The van der Waals surface area contributed by atoms with E-state index in [1.807, 2.05) is 4.72 Å². The molecule has 3 N–H and O–H groups in total. The Kier molecular flexibility index (Phi) is 9.40. The van der Waals surface area contributed by atoms with E-state index < -0.39 is 57.3 Å². The number of anilines is 2. The molecule has 2 amide bonds. The number of benzene rings is 1. The van der Waals surface area contributed by atoms with E-state index in [0.29, 0.717) is 18.5 Å². The fourth-order valence-electron chi connectivity index (χ4n) is 4.16. The third-order valence-electron chi connectivity index (χ3n) is 6.09. The molecular weight excluding hydrogens is 570 g/mol. The number of alkyl carbamates (subject to hydrolysis) is 1. The zero-order valence-electron chi connectivity index (χ0n) is 23.2. The summed E-state index contributed by atoms with van der Waals surface area (Å²) in [6.07, 6.45) is -4.02. The summed E-state index contributed by atoms with van der Waals surface area (Å²) >= 11 is 0. The van der Waals surface area contributed by atoms with E-state index in [1.54, 1.807) is 25.7 Å². The van der Waals surface area contributed by atoms with Crippen molar-refractivity contribution in [2.45, 2.75) is 64.4 Å². The summed E-state index contributed by atoms with van der Waals surface area (Å²) < 4.78 is 84.8. The predicted molar refractivity (Wildman–Crippen MR) is 144 cm³/mol. The standard InChI is InChI=1S/C26H33F4N5O5S/c1-15(16-6-8-20(19(27)12-16)34-41(5,38)39)23(36)31-13-17-7-9-21(26(28,29)30)33-22(17)35-11-10-18(14-35)32-24(37)40-25(2,3)4/h6-9,12,15,18,34H,10-11,13-14H2,1-5H3,(H,31,36)(H,32,37)/t15-,18-/m0/s1. The molecule has 2 heterocycles. The lowest BCUT2D eigenvalue weighted by Gasteiger charge is -2.24. The minimum atomic E-state index is -4.69. The van der Waals surface area contributed by atoms with Gasteiger partial charge in [-0.25, -0.2) is 22.6 Å². The van der Waals surface area contributed by atoms with Crippen molar-refractivity contribution in [1.82, 2.24) is 15.6 Å². The molecule has 15 heteroatoms. The number of pyridine rings is 1. The molecule has 1 aromatic carbocycles. The Morgan fingerprint density at radius 1 is 1.17 bits per heavy atom. The number of rotatable bonds is 8. The van der Waals surface area contributed by atoms with Crippen LogP contribution in [0.2, 0.25) is 0 Å². The van der Waals surface area contributed by atoms with Crippen molar-refractivity contribution in [3.63, 3.8) is 0 Å². The maximum Gasteiger partial charge on any atom is 0.433 e. The van der Waals surface area contributed by atoms with E-state index in [2.05, 4.69) is 15.6 Å². The average molecular weight is 604 g/mol. The minimum absolute atomic E-state index is 0.0171. The highest BCUT2D eigenvalue weighted by Gasteiger charge is 2.35. The molecule has 0 unspecified atom stereocenters. The summed E-state index contributed by atoms with van der Waals surface area (Å²) in [4.78, 5) is 30.5. The van der Waals surface area contributed by atoms with Crippen LogP contribution >= 0.6 is 0 Å². The van der Waals surface area contributed by atoms with Gasteiger partial charge in [-0.15, -0.1) is 0 Å². The van der Waals surface area contributed by atoms with Crippen LogP contribution in [-0.2, 0) is 32.3 Å². The van der Waals surface area contributed by atoms with Crippen molar-refractivity contribution in [2.24, 2.45) is 0 Å². The molecule has 1 aliphatic heterocycles. The Hall–Kier alpha value is -3.62. The second-order valence-electron chi connectivity index (χ2n) is 10.8. The van der Waals surface area contributed by atoms with E-state index in [9.17, 15) is 35.6 Å². The molecule has 0 spiro atoms. The van der Waals surface area contributed by atoms with Crippen LogP contribution < -0.4 is 20.3 Å². The Morgan fingerprint density at radius 2 is 1.85 bits per heavy atom. The van der Waals surface area contributed by atoms with Gasteiger partial charge in [-0.05, 0) is 57.9 Å². The van der Waals surface area contributed by atoms with Crippen LogP contribution in [0.15, 0.2) is 30.3 Å². The van der Waals surface area contributed by atoms with E-state index >= 15 is 0 Å². The first-order valence-corrected chi connectivity index (χ1v) is 14.6. The summed E-state index contributed by atoms with van der Waals surface area (Å²) in [6, 6.07) is 5.29. The first-order chi connectivity index (χ1) is 18.8.